The van der Waals surface area contributed by atoms with Gasteiger partial charge in [0, 0.05) is 38.6 Å². The third kappa shape index (κ3) is 8.36. The van der Waals surface area contributed by atoms with Crippen molar-refractivity contribution >= 4 is 12.4 Å². The molecule has 2 N–H and O–H groups in total. The molecule has 0 spiro atoms. The molecule has 0 aliphatic carbocycles. The molecular formula is C20H26N4. The van der Waals surface area contributed by atoms with Gasteiger partial charge in [-0.1, -0.05) is 60.7 Å². The third-order valence-electron chi connectivity index (χ3n) is 3.39. The summed E-state index contributed by atoms with van der Waals surface area (Å²) >= 11 is 0. The van der Waals surface area contributed by atoms with Crippen LogP contribution in [0.15, 0.2) is 70.6 Å². The second-order valence-corrected chi connectivity index (χ2v) is 5.39. The first-order valence-corrected chi connectivity index (χ1v) is 8.46. The van der Waals surface area contributed by atoms with Gasteiger partial charge in [-0.15, -0.1) is 0 Å². The summed E-state index contributed by atoms with van der Waals surface area (Å²) in [6, 6.07) is 20.3. The second kappa shape index (κ2) is 12.2. The zero-order valence-corrected chi connectivity index (χ0v) is 14.1. The standard InChI is InChI=1S/C20H26N4/c1-3-7-19(8-4-1)17-23-15-13-21-11-12-22-14-16-24-18-20-9-5-2-6-10-20/h1-10,17-18,21-22H,11-16H2. The first kappa shape index (κ1) is 18.0. The van der Waals surface area contributed by atoms with E-state index in [1.165, 1.54) is 0 Å². The maximum Gasteiger partial charge on any atom is 0.0514 e. The minimum Gasteiger partial charge on any atom is -0.314 e. The Morgan fingerprint density at radius 2 is 1.00 bits per heavy atom. The number of hydrogen-bond acceptors (Lipinski definition) is 4. The molecule has 0 aliphatic rings. The van der Waals surface area contributed by atoms with E-state index in [2.05, 4.69) is 44.9 Å². The van der Waals surface area contributed by atoms with Gasteiger partial charge in [0.2, 0.25) is 0 Å². The number of hydrogen-bond donors (Lipinski definition) is 2. The number of benzene rings is 2. The van der Waals surface area contributed by atoms with E-state index in [1.54, 1.807) is 0 Å². The van der Waals surface area contributed by atoms with Gasteiger partial charge in [0.25, 0.3) is 0 Å². The van der Waals surface area contributed by atoms with Crippen LogP contribution in [0.4, 0.5) is 0 Å². The van der Waals surface area contributed by atoms with Gasteiger partial charge in [0.1, 0.15) is 0 Å². The SMILES string of the molecule is C(=NCCNCCNCCN=Cc1ccccc1)c1ccccc1. The number of nitrogens with zero attached hydrogens (tertiary/aromatic N) is 2. The lowest BCUT2D eigenvalue weighted by Crippen LogP contribution is -2.30. The minimum absolute atomic E-state index is 0.802. The van der Waals surface area contributed by atoms with Crippen molar-refractivity contribution in [2.24, 2.45) is 9.98 Å². The van der Waals surface area contributed by atoms with Crippen molar-refractivity contribution in [3.63, 3.8) is 0 Å². The van der Waals surface area contributed by atoms with E-state index in [4.69, 9.17) is 0 Å². The van der Waals surface area contributed by atoms with Crippen molar-refractivity contribution in [1.82, 2.24) is 10.6 Å². The molecule has 0 radical (unpaired) electrons. The molecule has 2 aromatic carbocycles. The highest BCUT2D eigenvalue weighted by atomic mass is 15.0. The van der Waals surface area contributed by atoms with Crippen LogP contribution in [-0.2, 0) is 0 Å². The highest BCUT2D eigenvalue weighted by Gasteiger charge is 1.88. The fourth-order valence-corrected chi connectivity index (χ4v) is 2.13. The molecule has 0 aromatic heterocycles. The maximum absolute atomic E-state index is 4.40. The summed E-state index contributed by atoms with van der Waals surface area (Å²) in [5.74, 6) is 0. The van der Waals surface area contributed by atoms with E-state index < -0.39 is 0 Å². The van der Waals surface area contributed by atoms with Crippen LogP contribution in [0.25, 0.3) is 0 Å². The molecule has 24 heavy (non-hydrogen) atoms. The summed E-state index contributed by atoms with van der Waals surface area (Å²) in [6.07, 6.45) is 3.84. The van der Waals surface area contributed by atoms with Gasteiger partial charge in [-0.25, -0.2) is 0 Å². The number of rotatable bonds is 11. The largest absolute Gasteiger partial charge is 0.314 e. The lowest BCUT2D eigenvalue weighted by atomic mass is 10.2. The summed E-state index contributed by atoms with van der Waals surface area (Å²) in [6.45, 7) is 5.30. The average molecular weight is 322 g/mol. The van der Waals surface area contributed by atoms with Crippen LogP contribution in [0.3, 0.4) is 0 Å². The zero-order chi connectivity index (χ0) is 16.7. The smallest absolute Gasteiger partial charge is 0.0514 e. The Morgan fingerprint density at radius 3 is 1.42 bits per heavy atom. The van der Waals surface area contributed by atoms with Gasteiger partial charge in [-0.05, 0) is 11.1 Å². The molecule has 4 nitrogen and oxygen atoms in total. The maximum atomic E-state index is 4.40. The van der Waals surface area contributed by atoms with E-state index in [0.717, 1.165) is 50.4 Å². The first-order chi connectivity index (χ1) is 11.9. The fourth-order valence-electron chi connectivity index (χ4n) is 2.13. The summed E-state index contributed by atoms with van der Waals surface area (Å²) in [7, 11) is 0. The van der Waals surface area contributed by atoms with Gasteiger partial charge in [-0.3, -0.25) is 9.98 Å². The van der Waals surface area contributed by atoms with Gasteiger partial charge in [-0.2, -0.15) is 0 Å². The first-order valence-electron chi connectivity index (χ1n) is 8.46. The molecule has 0 atom stereocenters. The molecule has 0 aliphatic heterocycles. The molecule has 0 bridgehead atoms. The molecule has 2 aromatic rings. The summed E-state index contributed by atoms with van der Waals surface area (Å²) in [5, 5.41) is 6.75. The summed E-state index contributed by atoms with van der Waals surface area (Å²) < 4.78 is 0. The lowest BCUT2D eigenvalue weighted by molar-refractivity contribution is 0.619. The molecule has 2 rings (SSSR count). The Labute approximate surface area is 144 Å². The van der Waals surface area contributed by atoms with Crippen LogP contribution < -0.4 is 10.6 Å². The Kier molecular flexibility index (Phi) is 9.14. The Morgan fingerprint density at radius 1 is 0.583 bits per heavy atom. The van der Waals surface area contributed by atoms with Gasteiger partial charge >= 0.3 is 0 Å². The van der Waals surface area contributed by atoms with Crippen LogP contribution in [0.1, 0.15) is 11.1 Å². The zero-order valence-electron chi connectivity index (χ0n) is 14.1. The summed E-state index contributed by atoms with van der Waals surface area (Å²) in [4.78, 5) is 8.80. The predicted octanol–water partition coefficient (Wildman–Crippen LogP) is 2.40. The third-order valence-corrected chi connectivity index (χ3v) is 3.39. The quantitative estimate of drug-likeness (QED) is 0.493. The van der Waals surface area contributed by atoms with Crippen molar-refractivity contribution in [3.05, 3.63) is 71.8 Å². The Hall–Kier alpha value is -2.30. The van der Waals surface area contributed by atoms with E-state index in [9.17, 15) is 0 Å². The molecule has 0 saturated heterocycles. The summed E-state index contributed by atoms with van der Waals surface area (Å²) in [5.41, 5.74) is 2.30. The average Bonchev–Trinajstić information content (AvgIpc) is 2.64. The van der Waals surface area contributed by atoms with Crippen LogP contribution in [-0.4, -0.2) is 51.7 Å². The molecule has 0 amide bonds. The Bertz CT molecular complexity index is 538. The van der Waals surface area contributed by atoms with Crippen LogP contribution in [0.5, 0.6) is 0 Å². The monoisotopic (exact) mass is 322 g/mol. The molecular weight excluding hydrogens is 296 g/mol. The molecule has 0 fully saturated rings. The molecule has 126 valence electrons. The minimum atomic E-state index is 0.802. The van der Waals surface area contributed by atoms with Crippen molar-refractivity contribution in [2.75, 3.05) is 39.3 Å². The highest BCUT2D eigenvalue weighted by molar-refractivity contribution is 5.79. The van der Waals surface area contributed by atoms with E-state index in [0.29, 0.717) is 0 Å². The Balaban J connectivity index is 1.40. The van der Waals surface area contributed by atoms with Gasteiger partial charge in [0.15, 0.2) is 0 Å². The molecule has 4 heteroatoms. The van der Waals surface area contributed by atoms with Crippen molar-refractivity contribution in [3.8, 4) is 0 Å². The molecule has 0 heterocycles. The molecule has 0 unspecified atom stereocenters. The topological polar surface area (TPSA) is 48.8 Å². The molecule has 0 saturated carbocycles. The van der Waals surface area contributed by atoms with E-state index in [-0.39, 0.29) is 0 Å². The predicted molar refractivity (Wildman–Crippen MR) is 104 cm³/mol. The fraction of sp³-hybridized carbons (Fsp3) is 0.300. The van der Waals surface area contributed by atoms with Crippen LogP contribution in [0.2, 0.25) is 0 Å². The van der Waals surface area contributed by atoms with Crippen molar-refractivity contribution in [2.45, 2.75) is 0 Å². The lowest BCUT2D eigenvalue weighted by Gasteiger charge is -2.04. The van der Waals surface area contributed by atoms with Crippen molar-refractivity contribution in [1.29, 1.82) is 0 Å². The van der Waals surface area contributed by atoms with Gasteiger partial charge in [0.05, 0.1) is 13.1 Å². The van der Waals surface area contributed by atoms with Crippen LogP contribution in [0, 0.1) is 0 Å². The van der Waals surface area contributed by atoms with E-state index in [1.807, 2.05) is 48.8 Å². The van der Waals surface area contributed by atoms with E-state index >= 15 is 0 Å². The van der Waals surface area contributed by atoms with Crippen molar-refractivity contribution < 1.29 is 0 Å². The van der Waals surface area contributed by atoms with Gasteiger partial charge < -0.3 is 10.6 Å². The highest BCUT2D eigenvalue weighted by Crippen LogP contribution is 1.94. The normalized spacial score (nSPS) is 11.5. The number of nitrogens with one attached hydrogen (secondary N) is 2. The second-order valence-electron chi connectivity index (χ2n) is 5.39. The number of aliphatic imine (C=N–C) groups is 2. The van der Waals surface area contributed by atoms with Crippen LogP contribution >= 0.6 is 0 Å².